The Bertz CT molecular complexity index is 449. The lowest BCUT2D eigenvalue weighted by Crippen LogP contribution is -2.28. The zero-order chi connectivity index (χ0) is 13.1. The quantitative estimate of drug-likeness (QED) is 0.866. The highest BCUT2D eigenvalue weighted by atomic mass is 79.9. The fourth-order valence-electron chi connectivity index (χ4n) is 1.94. The lowest BCUT2D eigenvalue weighted by Gasteiger charge is -2.21. The molecule has 1 aromatic carbocycles. The molecule has 1 aliphatic carbocycles. The van der Waals surface area contributed by atoms with Crippen LogP contribution in [0.4, 0.5) is 0 Å². The van der Waals surface area contributed by atoms with Crippen molar-refractivity contribution in [3.05, 3.63) is 33.3 Å². The highest BCUT2D eigenvalue weighted by molar-refractivity contribution is 9.10. The minimum absolute atomic E-state index is 0.196. The van der Waals surface area contributed by atoms with Crippen LogP contribution in [0.15, 0.2) is 22.7 Å². The van der Waals surface area contributed by atoms with Crippen LogP contribution in [0.25, 0.3) is 0 Å². The second-order valence-corrected chi connectivity index (χ2v) is 5.87. The lowest BCUT2D eigenvalue weighted by atomic mass is 10.2. The van der Waals surface area contributed by atoms with E-state index < -0.39 is 5.97 Å². The number of rotatable bonds is 6. The minimum atomic E-state index is -0.740. The van der Waals surface area contributed by atoms with E-state index in [4.69, 9.17) is 16.7 Å². The summed E-state index contributed by atoms with van der Waals surface area (Å²) >= 11 is 9.41. The molecule has 0 aromatic heterocycles. The molecule has 0 unspecified atom stereocenters. The Morgan fingerprint density at radius 3 is 2.78 bits per heavy atom. The molecule has 0 amide bonds. The average Bonchev–Trinajstić information content (AvgIpc) is 3.10. The Balaban J connectivity index is 2.01. The molecule has 3 nitrogen and oxygen atoms in total. The molecule has 0 radical (unpaired) electrons. The van der Waals surface area contributed by atoms with E-state index in [1.165, 1.54) is 12.8 Å². The Morgan fingerprint density at radius 2 is 2.22 bits per heavy atom. The number of hydrogen-bond acceptors (Lipinski definition) is 2. The zero-order valence-electron chi connectivity index (χ0n) is 9.90. The predicted octanol–water partition coefficient (Wildman–Crippen LogP) is 3.54. The van der Waals surface area contributed by atoms with Gasteiger partial charge >= 0.3 is 5.97 Å². The van der Waals surface area contributed by atoms with Crippen molar-refractivity contribution >= 4 is 33.5 Å². The first-order valence-electron chi connectivity index (χ1n) is 5.96. The van der Waals surface area contributed by atoms with E-state index in [2.05, 4.69) is 20.8 Å². The van der Waals surface area contributed by atoms with Gasteiger partial charge in [0.05, 0.1) is 6.42 Å². The first-order valence-corrected chi connectivity index (χ1v) is 7.13. The monoisotopic (exact) mass is 331 g/mol. The number of benzene rings is 1. The topological polar surface area (TPSA) is 40.5 Å². The Morgan fingerprint density at radius 1 is 1.50 bits per heavy atom. The molecule has 1 aliphatic rings. The van der Waals surface area contributed by atoms with Gasteiger partial charge in [0.1, 0.15) is 0 Å². The summed E-state index contributed by atoms with van der Waals surface area (Å²) in [7, 11) is 0. The van der Waals surface area contributed by atoms with Crippen molar-refractivity contribution in [2.24, 2.45) is 0 Å². The molecule has 1 aromatic rings. The van der Waals surface area contributed by atoms with Gasteiger partial charge in [-0.15, -0.1) is 0 Å². The number of aliphatic carboxylic acids is 1. The molecule has 0 bridgehead atoms. The van der Waals surface area contributed by atoms with Gasteiger partial charge in [-0.1, -0.05) is 33.6 Å². The molecule has 1 saturated carbocycles. The molecule has 0 atom stereocenters. The summed E-state index contributed by atoms with van der Waals surface area (Å²) in [4.78, 5) is 12.9. The van der Waals surface area contributed by atoms with Crippen LogP contribution in [0.2, 0.25) is 5.02 Å². The van der Waals surface area contributed by atoms with Crippen LogP contribution >= 0.6 is 27.5 Å². The van der Waals surface area contributed by atoms with Crippen molar-refractivity contribution < 1.29 is 9.90 Å². The summed E-state index contributed by atoms with van der Waals surface area (Å²) in [6.07, 6.45) is 2.54. The minimum Gasteiger partial charge on any atom is -0.481 e. The molecule has 0 aliphatic heterocycles. The fourth-order valence-corrected chi connectivity index (χ4v) is 2.75. The first-order chi connectivity index (χ1) is 8.56. The van der Waals surface area contributed by atoms with E-state index in [0.29, 0.717) is 17.6 Å². The molecular formula is C13H15BrClNO2. The molecule has 1 fully saturated rings. The third-order valence-electron chi connectivity index (χ3n) is 3.06. The second-order valence-electron chi connectivity index (χ2n) is 4.58. The highest BCUT2D eigenvalue weighted by Gasteiger charge is 2.29. The van der Waals surface area contributed by atoms with Gasteiger partial charge in [-0.05, 0) is 30.5 Å². The smallest absolute Gasteiger partial charge is 0.304 e. The average molecular weight is 333 g/mol. The van der Waals surface area contributed by atoms with Crippen LogP contribution in [0.1, 0.15) is 24.8 Å². The third kappa shape index (κ3) is 3.97. The Labute approximate surface area is 120 Å². The van der Waals surface area contributed by atoms with Crippen LogP contribution in [0, 0.1) is 0 Å². The zero-order valence-corrected chi connectivity index (χ0v) is 12.2. The summed E-state index contributed by atoms with van der Waals surface area (Å²) in [6, 6.07) is 6.28. The van der Waals surface area contributed by atoms with Gasteiger partial charge in [-0.3, -0.25) is 9.69 Å². The lowest BCUT2D eigenvalue weighted by molar-refractivity contribution is -0.137. The van der Waals surface area contributed by atoms with E-state index >= 15 is 0 Å². The number of carboxylic acid groups (broad SMARTS) is 1. The molecular weight excluding hydrogens is 318 g/mol. The van der Waals surface area contributed by atoms with Gasteiger partial charge < -0.3 is 5.11 Å². The number of carboxylic acids is 1. The molecule has 1 N–H and O–H groups in total. The van der Waals surface area contributed by atoms with Crippen LogP contribution in [0.3, 0.4) is 0 Å². The summed E-state index contributed by atoms with van der Waals surface area (Å²) in [6.45, 7) is 1.38. The van der Waals surface area contributed by atoms with Gasteiger partial charge in [0.15, 0.2) is 0 Å². The SMILES string of the molecule is O=C(O)CCN(Cc1ccc(Cl)cc1Br)C1CC1. The van der Waals surface area contributed by atoms with Gasteiger partial charge in [-0.25, -0.2) is 0 Å². The predicted molar refractivity (Wildman–Crippen MR) is 74.8 cm³/mol. The van der Waals surface area contributed by atoms with Crippen LogP contribution in [-0.4, -0.2) is 28.6 Å². The number of hydrogen-bond donors (Lipinski definition) is 1. The van der Waals surface area contributed by atoms with E-state index in [1.54, 1.807) is 0 Å². The van der Waals surface area contributed by atoms with Gasteiger partial charge in [-0.2, -0.15) is 0 Å². The maximum atomic E-state index is 10.7. The maximum absolute atomic E-state index is 10.7. The first kappa shape index (κ1) is 13.8. The van der Waals surface area contributed by atoms with Crippen molar-refractivity contribution in [2.45, 2.75) is 31.8 Å². The van der Waals surface area contributed by atoms with Gasteiger partial charge in [0.25, 0.3) is 0 Å². The van der Waals surface area contributed by atoms with Crippen LogP contribution < -0.4 is 0 Å². The molecule has 5 heteroatoms. The van der Waals surface area contributed by atoms with Crippen LogP contribution in [0.5, 0.6) is 0 Å². The Kier molecular flexibility index (Phi) is 4.65. The molecule has 18 heavy (non-hydrogen) atoms. The van der Waals surface area contributed by atoms with Gasteiger partial charge in [0, 0.05) is 28.6 Å². The number of nitrogens with zero attached hydrogens (tertiary/aromatic N) is 1. The molecule has 98 valence electrons. The maximum Gasteiger partial charge on any atom is 0.304 e. The van der Waals surface area contributed by atoms with Crippen molar-refractivity contribution in [2.75, 3.05) is 6.54 Å². The van der Waals surface area contributed by atoms with Crippen molar-refractivity contribution in [1.82, 2.24) is 4.90 Å². The van der Waals surface area contributed by atoms with E-state index in [9.17, 15) is 4.79 Å². The normalized spacial score (nSPS) is 15.1. The molecule has 0 heterocycles. The second kappa shape index (κ2) is 6.04. The van der Waals surface area contributed by atoms with Crippen molar-refractivity contribution in [3.63, 3.8) is 0 Å². The number of carbonyl (C=O) groups is 1. The van der Waals surface area contributed by atoms with Gasteiger partial charge in [0.2, 0.25) is 0 Å². The third-order valence-corrected chi connectivity index (χ3v) is 4.04. The van der Waals surface area contributed by atoms with Crippen molar-refractivity contribution in [3.8, 4) is 0 Å². The summed E-state index contributed by atoms with van der Waals surface area (Å²) in [5, 5.41) is 9.47. The largest absolute Gasteiger partial charge is 0.481 e. The molecule has 2 rings (SSSR count). The van der Waals surface area contributed by atoms with E-state index in [-0.39, 0.29) is 6.42 Å². The summed E-state index contributed by atoms with van der Waals surface area (Å²) in [5.41, 5.74) is 1.15. The summed E-state index contributed by atoms with van der Waals surface area (Å²) in [5.74, 6) is -0.740. The fraction of sp³-hybridized carbons (Fsp3) is 0.462. The molecule has 0 spiro atoms. The van der Waals surface area contributed by atoms with Crippen molar-refractivity contribution in [1.29, 1.82) is 0 Å². The summed E-state index contributed by atoms with van der Waals surface area (Å²) < 4.78 is 0.982. The standard InChI is InChI=1S/C13H15BrClNO2/c14-12-7-10(15)2-1-9(12)8-16(11-3-4-11)6-5-13(17)18/h1-2,7,11H,3-6,8H2,(H,17,18). The molecule has 0 saturated heterocycles. The van der Waals surface area contributed by atoms with E-state index in [1.807, 2.05) is 18.2 Å². The number of halogens is 2. The van der Waals surface area contributed by atoms with Crippen LogP contribution in [-0.2, 0) is 11.3 Å². The van der Waals surface area contributed by atoms with E-state index in [0.717, 1.165) is 16.6 Å². The Hall–Kier alpha value is -0.580. The highest BCUT2D eigenvalue weighted by Crippen LogP contribution is 2.30.